The zero-order valence-electron chi connectivity index (χ0n) is 19.9. The lowest BCUT2D eigenvalue weighted by Crippen LogP contribution is -2.60. The Bertz CT molecular complexity index is 1160. The van der Waals surface area contributed by atoms with E-state index in [9.17, 15) is 39.6 Å². The van der Waals surface area contributed by atoms with E-state index in [1.807, 2.05) is 0 Å². The molecule has 2 rings (SSSR count). The SMILES string of the molecule is CC(=O)N[C@@H](CC(=O)O)C(=O)N([C@H](C(=O)O)C(C)C)n1c(O)cc(Cc2ccc(C(=N)N)cc2)c1O. The zero-order chi connectivity index (χ0) is 27.3. The number of nitrogens with two attached hydrogens (primary N) is 1. The zero-order valence-corrected chi connectivity index (χ0v) is 19.9. The highest BCUT2D eigenvalue weighted by Gasteiger charge is 2.40. The summed E-state index contributed by atoms with van der Waals surface area (Å²) < 4.78 is 0.594. The molecule has 0 bridgehead atoms. The van der Waals surface area contributed by atoms with Gasteiger partial charge in [-0.05, 0) is 11.5 Å². The van der Waals surface area contributed by atoms with Gasteiger partial charge in [0, 0.05) is 30.5 Å². The van der Waals surface area contributed by atoms with Gasteiger partial charge in [-0.2, -0.15) is 4.68 Å². The summed E-state index contributed by atoms with van der Waals surface area (Å²) in [5.41, 5.74) is 6.69. The number of carboxylic acid groups (broad SMARTS) is 2. The van der Waals surface area contributed by atoms with Gasteiger partial charge in [0.2, 0.25) is 17.7 Å². The van der Waals surface area contributed by atoms with Gasteiger partial charge in [-0.3, -0.25) is 19.8 Å². The lowest BCUT2D eigenvalue weighted by atomic mass is 10.0. The lowest BCUT2D eigenvalue weighted by Gasteiger charge is -2.34. The van der Waals surface area contributed by atoms with E-state index >= 15 is 0 Å². The molecular weight excluding hydrogens is 474 g/mol. The van der Waals surface area contributed by atoms with Crippen LogP contribution >= 0.6 is 0 Å². The van der Waals surface area contributed by atoms with Crippen LogP contribution in [0.25, 0.3) is 0 Å². The predicted octanol–water partition coefficient (Wildman–Crippen LogP) is 0.327. The van der Waals surface area contributed by atoms with E-state index in [-0.39, 0.29) is 17.8 Å². The van der Waals surface area contributed by atoms with Crippen molar-refractivity contribution in [1.29, 1.82) is 5.41 Å². The molecule has 0 unspecified atom stereocenters. The number of aromatic hydroxyl groups is 2. The number of rotatable bonds is 11. The summed E-state index contributed by atoms with van der Waals surface area (Å²) in [6, 6.07) is 4.27. The van der Waals surface area contributed by atoms with Crippen LogP contribution in [-0.2, 0) is 25.6 Å². The van der Waals surface area contributed by atoms with Crippen molar-refractivity contribution in [2.75, 3.05) is 5.01 Å². The smallest absolute Gasteiger partial charge is 0.328 e. The van der Waals surface area contributed by atoms with Crippen molar-refractivity contribution < 1.29 is 39.6 Å². The maximum atomic E-state index is 13.4. The van der Waals surface area contributed by atoms with Gasteiger partial charge >= 0.3 is 11.9 Å². The Morgan fingerprint density at radius 2 is 1.69 bits per heavy atom. The molecule has 2 aromatic rings. The molecule has 8 N–H and O–H groups in total. The van der Waals surface area contributed by atoms with Crippen LogP contribution in [0.1, 0.15) is 43.9 Å². The Kier molecular flexibility index (Phi) is 8.65. The molecule has 2 amide bonds. The minimum Gasteiger partial charge on any atom is -0.493 e. The van der Waals surface area contributed by atoms with Crippen molar-refractivity contribution >= 4 is 29.6 Å². The second kappa shape index (κ2) is 11.3. The Morgan fingerprint density at radius 1 is 1.11 bits per heavy atom. The van der Waals surface area contributed by atoms with Crippen LogP contribution in [0.3, 0.4) is 0 Å². The highest BCUT2D eigenvalue weighted by molar-refractivity contribution is 6.00. The number of amidine groups is 1. The van der Waals surface area contributed by atoms with E-state index in [1.54, 1.807) is 24.3 Å². The van der Waals surface area contributed by atoms with Gasteiger partial charge < -0.3 is 31.5 Å². The molecule has 13 nitrogen and oxygen atoms in total. The number of nitrogens with one attached hydrogen (secondary N) is 2. The molecule has 1 aromatic carbocycles. The fraction of sp³-hybridized carbons (Fsp3) is 0.348. The summed E-state index contributed by atoms with van der Waals surface area (Å²) in [5.74, 6) is -7.03. The molecule has 0 saturated heterocycles. The van der Waals surface area contributed by atoms with Gasteiger partial charge in [-0.1, -0.05) is 38.1 Å². The van der Waals surface area contributed by atoms with Crippen molar-refractivity contribution in [3.63, 3.8) is 0 Å². The van der Waals surface area contributed by atoms with E-state index in [0.717, 1.165) is 13.0 Å². The molecule has 0 aliphatic carbocycles. The number of benzene rings is 1. The van der Waals surface area contributed by atoms with Crippen molar-refractivity contribution in [1.82, 2.24) is 9.99 Å². The average molecular weight is 504 g/mol. The van der Waals surface area contributed by atoms with Gasteiger partial charge in [0.05, 0.1) is 6.42 Å². The lowest BCUT2D eigenvalue weighted by molar-refractivity contribution is -0.143. The van der Waals surface area contributed by atoms with Gasteiger partial charge in [0.1, 0.15) is 11.9 Å². The predicted molar refractivity (Wildman–Crippen MR) is 127 cm³/mol. The standard InChI is InChI=1S/C23H29N5O8/c1-11(2)19(23(35)36)28(22(34)16(10-18(31)32)26-12(3)29)27-17(30)9-15(21(27)33)8-13-4-6-14(7-5-13)20(24)25/h4-7,9,11,16,19,30,33H,8,10H2,1-3H3,(H3,24,25)(H,26,29)(H,31,32)(H,35,36)/t16-,19-/m0/s1. The Morgan fingerprint density at radius 3 is 2.14 bits per heavy atom. The number of hydrogen-bond acceptors (Lipinski definition) is 7. The topological polar surface area (TPSA) is 219 Å². The summed E-state index contributed by atoms with van der Waals surface area (Å²) in [7, 11) is 0. The molecule has 194 valence electrons. The summed E-state index contributed by atoms with van der Waals surface area (Å²) in [6.45, 7) is 4.03. The number of carboxylic acids is 2. The number of aromatic nitrogens is 1. The first-order valence-electron chi connectivity index (χ1n) is 10.9. The third-order valence-corrected chi connectivity index (χ3v) is 5.31. The second-order valence-corrected chi connectivity index (χ2v) is 8.51. The number of nitrogen functional groups attached to an aromatic ring is 1. The highest BCUT2D eigenvalue weighted by atomic mass is 16.4. The molecule has 1 aromatic heterocycles. The summed E-state index contributed by atoms with van der Waals surface area (Å²) >= 11 is 0. The summed E-state index contributed by atoms with van der Waals surface area (Å²) in [5, 5.41) is 50.9. The van der Waals surface area contributed by atoms with Crippen LogP contribution in [-0.4, -0.2) is 66.8 Å². The maximum Gasteiger partial charge on any atom is 0.328 e. The van der Waals surface area contributed by atoms with Gasteiger partial charge in [-0.25, -0.2) is 9.80 Å². The summed E-state index contributed by atoms with van der Waals surface area (Å²) in [6.07, 6.45) is -0.812. The van der Waals surface area contributed by atoms with Crippen molar-refractivity contribution in [3.05, 3.63) is 47.0 Å². The van der Waals surface area contributed by atoms with Gasteiger partial charge in [-0.15, -0.1) is 0 Å². The molecule has 0 radical (unpaired) electrons. The van der Waals surface area contributed by atoms with Crippen LogP contribution in [0.15, 0.2) is 30.3 Å². The molecule has 0 saturated carbocycles. The fourth-order valence-electron chi connectivity index (χ4n) is 3.70. The Balaban J connectivity index is 2.61. The quantitative estimate of drug-likeness (QED) is 0.166. The number of amides is 2. The third kappa shape index (κ3) is 6.31. The molecule has 0 aliphatic rings. The number of carbonyl (C=O) groups excluding carboxylic acids is 2. The molecule has 0 aliphatic heterocycles. The fourth-order valence-corrected chi connectivity index (χ4v) is 3.70. The van der Waals surface area contributed by atoms with Crippen LogP contribution in [0.4, 0.5) is 0 Å². The first-order valence-corrected chi connectivity index (χ1v) is 10.9. The number of aliphatic carboxylic acids is 2. The van der Waals surface area contributed by atoms with Gasteiger partial charge in [0.15, 0.2) is 6.04 Å². The average Bonchev–Trinajstić information content (AvgIpc) is 3.02. The third-order valence-electron chi connectivity index (χ3n) is 5.31. The number of nitrogens with zero attached hydrogens (tertiary/aromatic N) is 2. The molecule has 0 spiro atoms. The Hall–Kier alpha value is -4.55. The van der Waals surface area contributed by atoms with Gasteiger partial charge in [0.25, 0.3) is 5.91 Å². The minimum atomic E-state index is -1.68. The van der Waals surface area contributed by atoms with E-state index in [0.29, 0.717) is 20.8 Å². The molecule has 1 heterocycles. The van der Waals surface area contributed by atoms with Crippen molar-refractivity contribution in [3.8, 4) is 11.8 Å². The number of carbonyl (C=O) groups is 4. The molecule has 0 fully saturated rings. The monoisotopic (exact) mass is 503 g/mol. The van der Waals surface area contributed by atoms with Crippen molar-refractivity contribution in [2.45, 2.75) is 45.7 Å². The van der Waals surface area contributed by atoms with Crippen LogP contribution in [0, 0.1) is 11.3 Å². The largest absolute Gasteiger partial charge is 0.493 e. The normalized spacial score (nSPS) is 12.6. The first-order chi connectivity index (χ1) is 16.7. The van der Waals surface area contributed by atoms with Crippen molar-refractivity contribution in [2.24, 2.45) is 11.7 Å². The van der Waals surface area contributed by atoms with E-state index in [1.165, 1.54) is 13.8 Å². The highest BCUT2D eigenvalue weighted by Crippen LogP contribution is 2.32. The van der Waals surface area contributed by atoms with E-state index < -0.39 is 59.9 Å². The Labute approximate surface area is 206 Å². The number of hydrogen-bond donors (Lipinski definition) is 7. The second-order valence-electron chi connectivity index (χ2n) is 8.51. The van der Waals surface area contributed by atoms with E-state index in [4.69, 9.17) is 11.1 Å². The molecular formula is C23H29N5O8. The van der Waals surface area contributed by atoms with Crippen LogP contribution in [0.5, 0.6) is 11.8 Å². The maximum absolute atomic E-state index is 13.4. The van der Waals surface area contributed by atoms with Crippen LogP contribution in [0.2, 0.25) is 0 Å². The molecule has 2 atom stereocenters. The molecule has 36 heavy (non-hydrogen) atoms. The minimum absolute atomic E-state index is 0.0519. The molecule has 13 heteroatoms. The van der Waals surface area contributed by atoms with E-state index in [2.05, 4.69) is 5.32 Å². The first kappa shape index (κ1) is 27.7. The van der Waals surface area contributed by atoms with Crippen LogP contribution < -0.4 is 16.1 Å². The summed E-state index contributed by atoms with van der Waals surface area (Å²) in [4.78, 5) is 48.5.